The quantitative estimate of drug-likeness (QED) is 0.699. The van der Waals surface area contributed by atoms with Gasteiger partial charge in [-0.3, -0.25) is 9.59 Å². The van der Waals surface area contributed by atoms with Gasteiger partial charge in [0.25, 0.3) is 0 Å². The van der Waals surface area contributed by atoms with Gasteiger partial charge in [-0.05, 0) is 43.8 Å². The van der Waals surface area contributed by atoms with E-state index in [-0.39, 0.29) is 48.0 Å². The number of hydrogen-bond donors (Lipinski definition) is 2. The Bertz CT molecular complexity index is 679. The van der Waals surface area contributed by atoms with Crippen LogP contribution in [0.15, 0.2) is 18.5 Å². The number of anilines is 1. The molecule has 8 nitrogen and oxygen atoms in total. The van der Waals surface area contributed by atoms with E-state index < -0.39 is 0 Å². The number of amides is 2. The molecule has 2 N–H and O–H groups in total. The highest BCUT2D eigenvalue weighted by atomic mass is 35.5. The van der Waals surface area contributed by atoms with Gasteiger partial charge in [-0.2, -0.15) is 0 Å². The maximum atomic E-state index is 12.4. The normalized spacial score (nSPS) is 22.3. The minimum atomic E-state index is 0. The van der Waals surface area contributed by atoms with Crippen LogP contribution in [0.1, 0.15) is 25.7 Å². The van der Waals surface area contributed by atoms with Gasteiger partial charge >= 0.3 is 0 Å². The van der Waals surface area contributed by atoms with Gasteiger partial charge in [0.2, 0.25) is 17.8 Å². The van der Waals surface area contributed by atoms with Gasteiger partial charge in [-0.15, -0.1) is 24.8 Å². The lowest BCUT2D eigenvalue weighted by atomic mass is 9.92. The first-order chi connectivity index (χ1) is 13.2. The lowest BCUT2D eigenvalue weighted by Crippen LogP contribution is -2.49. The topological polar surface area (TPSA) is 90.5 Å². The molecule has 3 heterocycles. The van der Waals surface area contributed by atoms with Gasteiger partial charge in [0, 0.05) is 57.5 Å². The highest BCUT2D eigenvalue weighted by molar-refractivity contribution is 5.85. The molecule has 3 fully saturated rings. The average molecular weight is 445 g/mol. The Hall–Kier alpha value is -1.64. The zero-order valence-electron chi connectivity index (χ0n) is 16.5. The lowest BCUT2D eigenvalue weighted by Gasteiger charge is -2.34. The summed E-state index contributed by atoms with van der Waals surface area (Å²) in [4.78, 5) is 37.3. The summed E-state index contributed by atoms with van der Waals surface area (Å²) in [6, 6.07) is 1.80. The molecular weight excluding hydrogens is 415 g/mol. The number of piperidine rings is 1. The number of carbonyl (C=O) groups excluding carboxylic acids is 2. The predicted octanol–water partition coefficient (Wildman–Crippen LogP) is 0.865. The Morgan fingerprint density at radius 2 is 1.76 bits per heavy atom. The molecule has 1 atom stereocenters. The summed E-state index contributed by atoms with van der Waals surface area (Å²) < 4.78 is 0. The SMILES string of the molecule is Cl.Cl.O=C(NCCC(=O)N1CCN(c2ncccn2)CC1)C1CC12CCNCC2. The first kappa shape index (κ1) is 23.6. The van der Waals surface area contributed by atoms with Crippen LogP contribution in [0.3, 0.4) is 0 Å². The molecule has 1 aromatic heterocycles. The molecule has 1 aliphatic carbocycles. The molecule has 162 valence electrons. The summed E-state index contributed by atoms with van der Waals surface area (Å²) in [5.41, 5.74) is 0.245. The second-order valence-electron chi connectivity index (χ2n) is 7.83. The Kier molecular flexibility index (Phi) is 8.48. The van der Waals surface area contributed by atoms with E-state index in [0.717, 1.165) is 45.4 Å². The second kappa shape index (κ2) is 10.4. The first-order valence-corrected chi connectivity index (χ1v) is 9.96. The highest BCUT2D eigenvalue weighted by Crippen LogP contribution is 2.58. The molecule has 0 bridgehead atoms. The first-order valence-electron chi connectivity index (χ1n) is 9.96. The number of rotatable bonds is 5. The largest absolute Gasteiger partial charge is 0.355 e. The minimum Gasteiger partial charge on any atom is -0.355 e. The molecular formula is C19H30Cl2N6O2. The summed E-state index contributed by atoms with van der Waals surface area (Å²) in [6.07, 6.45) is 7.04. The fourth-order valence-corrected chi connectivity index (χ4v) is 4.38. The smallest absolute Gasteiger partial charge is 0.225 e. The van der Waals surface area contributed by atoms with Crippen molar-refractivity contribution in [1.29, 1.82) is 0 Å². The zero-order chi connectivity index (χ0) is 18.7. The molecule has 2 saturated heterocycles. The monoisotopic (exact) mass is 444 g/mol. The van der Waals surface area contributed by atoms with E-state index in [1.807, 2.05) is 4.90 Å². The molecule has 1 saturated carbocycles. The molecule has 0 radical (unpaired) electrons. The molecule has 2 aliphatic heterocycles. The van der Waals surface area contributed by atoms with E-state index in [9.17, 15) is 9.59 Å². The fourth-order valence-electron chi connectivity index (χ4n) is 4.38. The standard InChI is InChI=1S/C19H28N6O2.2ClH/c26-16(24-10-12-25(13-11-24)18-22-5-1-6-23-18)2-7-21-17(27)15-14-19(15)3-8-20-9-4-19;;/h1,5-6,15,20H,2-4,7-14H2,(H,21,27);2*1H. The molecule has 1 aromatic rings. The van der Waals surface area contributed by atoms with Crippen LogP contribution in [0.2, 0.25) is 0 Å². The maximum absolute atomic E-state index is 12.4. The van der Waals surface area contributed by atoms with Crippen LogP contribution in [0.4, 0.5) is 5.95 Å². The molecule has 3 aliphatic rings. The van der Waals surface area contributed by atoms with E-state index in [1.54, 1.807) is 18.5 Å². The van der Waals surface area contributed by atoms with Crippen molar-refractivity contribution in [1.82, 2.24) is 25.5 Å². The Morgan fingerprint density at radius 3 is 2.41 bits per heavy atom. The van der Waals surface area contributed by atoms with Crippen LogP contribution in [-0.2, 0) is 9.59 Å². The van der Waals surface area contributed by atoms with Crippen LogP contribution in [0, 0.1) is 11.3 Å². The number of halogens is 2. The van der Waals surface area contributed by atoms with Gasteiger partial charge in [0.05, 0.1) is 0 Å². The van der Waals surface area contributed by atoms with E-state index in [4.69, 9.17) is 0 Å². The Balaban J connectivity index is 0.00000150. The molecule has 4 rings (SSSR count). The van der Waals surface area contributed by atoms with Crippen LogP contribution >= 0.6 is 24.8 Å². The van der Waals surface area contributed by atoms with Crippen molar-refractivity contribution in [2.45, 2.75) is 25.7 Å². The zero-order valence-corrected chi connectivity index (χ0v) is 18.1. The van der Waals surface area contributed by atoms with Gasteiger partial charge in [0.15, 0.2) is 0 Å². The number of nitrogens with one attached hydrogen (secondary N) is 2. The van der Waals surface area contributed by atoms with Crippen molar-refractivity contribution in [2.24, 2.45) is 11.3 Å². The fraction of sp³-hybridized carbons (Fsp3) is 0.684. The van der Waals surface area contributed by atoms with Crippen molar-refractivity contribution < 1.29 is 9.59 Å². The molecule has 2 amide bonds. The summed E-state index contributed by atoms with van der Waals surface area (Å²) >= 11 is 0. The molecule has 29 heavy (non-hydrogen) atoms. The van der Waals surface area contributed by atoms with Crippen molar-refractivity contribution in [3.05, 3.63) is 18.5 Å². The summed E-state index contributed by atoms with van der Waals surface area (Å²) in [7, 11) is 0. The molecule has 10 heteroatoms. The summed E-state index contributed by atoms with van der Waals surface area (Å²) in [6.45, 7) is 5.28. The number of aromatic nitrogens is 2. The molecule has 0 aromatic carbocycles. The predicted molar refractivity (Wildman–Crippen MR) is 116 cm³/mol. The highest BCUT2D eigenvalue weighted by Gasteiger charge is 2.57. The number of nitrogens with zero attached hydrogens (tertiary/aromatic N) is 4. The third-order valence-corrected chi connectivity index (χ3v) is 6.21. The van der Waals surface area contributed by atoms with Crippen LogP contribution in [0.5, 0.6) is 0 Å². The maximum Gasteiger partial charge on any atom is 0.225 e. The minimum absolute atomic E-state index is 0. The van der Waals surface area contributed by atoms with Gasteiger partial charge in [-0.1, -0.05) is 0 Å². The number of carbonyl (C=O) groups is 2. The number of piperazine rings is 1. The Labute approximate surface area is 184 Å². The van der Waals surface area contributed by atoms with Crippen molar-refractivity contribution in [3.8, 4) is 0 Å². The Morgan fingerprint density at radius 1 is 1.10 bits per heavy atom. The van der Waals surface area contributed by atoms with Crippen LogP contribution < -0.4 is 15.5 Å². The lowest BCUT2D eigenvalue weighted by molar-refractivity contribution is -0.131. The molecule has 1 spiro atoms. The second-order valence-corrected chi connectivity index (χ2v) is 7.83. The van der Waals surface area contributed by atoms with Gasteiger partial charge < -0.3 is 20.4 Å². The summed E-state index contributed by atoms with van der Waals surface area (Å²) in [5, 5.41) is 6.34. The average Bonchev–Trinajstić information content (AvgIpc) is 3.42. The van der Waals surface area contributed by atoms with E-state index in [0.29, 0.717) is 32.0 Å². The summed E-state index contributed by atoms with van der Waals surface area (Å²) in [5.74, 6) is 1.12. The van der Waals surface area contributed by atoms with Crippen LogP contribution in [-0.4, -0.2) is 72.5 Å². The third kappa shape index (κ3) is 5.49. The van der Waals surface area contributed by atoms with Gasteiger partial charge in [0.1, 0.15) is 0 Å². The van der Waals surface area contributed by atoms with Gasteiger partial charge in [-0.25, -0.2) is 9.97 Å². The van der Waals surface area contributed by atoms with Crippen molar-refractivity contribution in [2.75, 3.05) is 50.7 Å². The van der Waals surface area contributed by atoms with E-state index in [2.05, 4.69) is 25.5 Å². The van der Waals surface area contributed by atoms with Crippen LogP contribution in [0.25, 0.3) is 0 Å². The number of hydrogen-bond acceptors (Lipinski definition) is 6. The van der Waals surface area contributed by atoms with E-state index in [1.165, 1.54) is 0 Å². The molecule has 1 unspecified atom stereocenters. The third-order valence-electron chi connectivity index (χ3n) is 6.21. The van der Waals surface area contributed by atoms with E-state index >= 15 is 0 Å². The van der Waals surface area contributed by atoms with Crippen molar-refractivity contribution in [3.63, 3.8) is 0 Å². The van der Waals surface area contributed by atoms with Crippen molar-refractivity contribution >= 4 is 42.6 Å².